The minimum Gasteiger partial charge on any atom is -0.477 e. The van der Waals surface area contributed by atoms with Crippen LogP contribution in [0.3, 0.4) is 0 Å². The summed E-state index contributed by atoms with van der Waals surface area (Å²) < 4.78 is 102. The number of aromatic carboxylic acids is 1. The molecule has 0 unspecified atom stereocenters. The number of thiophene rings is 2. The second-order valence-electron chi connectivity index (χ2n) is 18.9. The van der Waals surface area contributed by atoms with Crippen molar-refractivity contribution in [1.29, 1.82) is 0 Å². The van der Waals surface area contributed by atoms with Gasteiger partial charge in [-0.05, 0) is 79.4 Å². The number of alkyl carbamates (subject to hydrolysis) is 1. The third-order valence-corrected chi connectivity index (χ3v) is 14.1. The molecule has 0 atom stereocenters. The largest absolute Gasteiger partial charge is 0.477 e. The fraction of sp³-hybridized carbons (Fsp3) is 0.302. The van der Waals surface area contributed by atoms with Crippen molar-refractivity contribution in [2.24, 2.45) is 14.1 Å². The molecule has 19 nitrogen and oxygen atoms in total. The van der Waals surface area contributed by atoms with Crippen LogP contribution in [0.2, 0.25) is 0 Å². The minimum absolute atomic E-state index is 0.0352. The first-order valence-corrected chi connectivity index (χ1v) is 26.0. The number of fused-ring (bicyclic) bond motifs is 2. The molecular weight excluding hydrogens is 1090 g/mol. The Labute approximate surface area is 461 Å². The maximum absolute atomic E-state index is 13.9. The number of aryl methyl sites for hydroxylation is 2. The average Bonchev–Trinajstić information content (AvgIpc) is 4.24. The van der Waals surface area contributed by atoms with Gasteiger partial charge in [0.25, 0.3) is 5.91 Å². The van der Waals surface area contributed by atoms with E-state index in [1.165, 1.54) is 70.3 Å². The van der Waals surface area contributed by atoms with Gasteiger partial charge in [-0.25, -0.2) is 29.5 Å². The van der Waals surface area contributed by atoms with Crippen LogP contribution in [0.1, 0.15) is 83.2 Å². The topological polar surface area (TPSA) is 234 Å². The van der Waals surface area contributed by atoms with Gasteiger partial charge in [-0.3, -0.25) is 14.2 Å². The number of aromatic nitrogens is 8. The smallest absolute Gasteiger partial charge is 0.416 e. The van der Waals surface area contributed by atoms with E-state index in [1.54, 1.807) is 87.2 Å². The number of carboxylic acid groups (broad SMARTS) is 1. The lowest BCUT2D eigenvalue weighted by molar-refractivity contribution is -0.139. The molecule has 0 spiro atoms. The van der Waals surface area contributed by atoms with Crippen LogP contribution in [0.4, 0.5) is 54.4 Å². The quantitative estimate of drug-likeness (QED) is 0.0716. The zero-order valence-corrected chi connectivity index (χ0v) is 45.1. The van der Waals surface area contributed by atoms with Gasteiger partial charge >= 0.3 is 24.4 Å². The van der Waals surface area contributed by atoms with Crippen LogP contribution in [0.5, 0.6) is 0 Å². The van der Waals surface area contributed by atoms with Gasteiger partial charge in [-0.15, -0.1) is 22.7 Å². The van der Waals surface area contributed by atoms with Crippen molar-refractivity contribution in [3.05, 3.63) is 151 Å². The third kappa shape index (κ3) is 15.7. The molecule has 5 N–H and O–H groups in total. The van der Waals surface area contributed by atoms with Crippen molar-refractivity contribution in [3.63, 3.8) is 0 Å². The molecule has 80 heavy (non-hydrogen) atoms. The van der Waals surface area contributed by atoms with Crippen molar-refractivity contribution in [1.82, 2.24) is 50.1 Å². The highest BCUT2D eigenvalue weighted by Gasteiger charge is 2.35. The Morgan fingerprint density at radius 2 is 1.12 bits per heavy atom. The lowest BCUT2D eigenvalue weighted by atomic mass is 10.0. The number of halogens is 6. The Balaban J connectivity index is 0.000000175. The SMILES string of the molecule is Cn1cc(Nc2nccc(-c3ccc(CNC(=O)OC(C)(C)C)c(C(F)(F)F)c3)n2)cn1.Cn1cc(Nc2nccc(-c3ccc(CNC(=O)c4cc5c(s4)CCOC5)c(C(F)(F)F)c3)n2)cn1.O=C(O)c1cc2c(s1)CCOC2. The molecule has 0 saturated carbocycles. The zero-order chi connectivity index (χ0) is 57.4. The van der Waals surface area contributed by atoms with Crippen molar-refractivity contribution in [2.75, 3.05) is 23.8 Å². The van der Waals surface area contributed by atoms with Crippen molar-refractivity contribution >= 4 is 63.9 Å². The molecule has 0 aliphatic carbocycles. The molecule has 0 fully saturated rings. The highest BCUT2D eigenvalue weighted by molar-refractivity contribution is 7.14. The maximum atomic E-state index is 13.9. The molecule has 2 aromatic carbocycles. The third-order valence-electron chi connectivity index (χ3n) is 11.6. The standard InChI is InChI=1S/C24H21F3N6O2S.C21H23F3N6O2.C8H8O3S/c1-33-12-17(11-30-33)31-23-28-6-4-19(32-23)14-2-3-15(18(8-14)24(25,26)27)10-29-22(34)21-9-16-13-35-7-5-20(16)36-21;1-20(2,3)32-19(31)26-10-14-6-5-13(9-16(14)21(22,23)24)17-7-8-25-18(29-17)28-15-11-27-30(4)12-15;9-8(10)7-3-5-4-11-2-1-6(5)12-7/h2-4,6,8-9,11-12H,5,7,10,13H2,1H3,(H,29,34)(H,28,31,32);5-9,11-12H,10H2,1-4H3,(H,26,31)(H,25,28,29);3H,1-2,4H2,(H,9,10). The number of hydrogen-bond acceptors (Lipinski definition) is 16. The first-order valence-electron chi connectivity index (χ1n) is 24.4. The molecule has 0 bridgehead atoms. The van der Waals surface area contributed by atoms with E-state index in [0.29, 0.717) is 58.9 Å². The molecule has 2 aliphatic rings. The van der Waals surface area contributed by atoms with E-state index in [9.17, 15) is 40.7 Å². The van der Waals surface area contributed by atoms with Crippen LogP contribution in [0, 0.1) is 0 Å². The number of carboxylic acids is 1. The van der Waals surface area contributed by atoms with Gasteiger partial charge in [-0.1, -0.05) is 24.3 Å². The Morgan fingerprint density at radius 3 is 1.55 bits per heavy atom. The summed E-state index contributed by atoms with van der Waals surface area (Å²) in [5.74, 6) is -0.794. The van der Waals surface area contributed by atoms with Crippen LogP contribution >= 0.6 is 22.7 Å². The van der Waals surface area contributed by atoms with Gasteiger partial charge in [0, 0.05) is 85.7 Å². The fourth-order valence-electron chi connectivity index (χ4n) is 7.95. The summed E-state index contributed by atoms with van der Waals surface area (Å²) in [6, 6.07) is 14.3. The van der Waals surface area contributed by atoms with Crippen LogP contribution in [-0.2, 0) is 79.8 Å². The first-order chi connectivity index (χ1) is 37.9. The Bertz CT molecular complexity index is 3450. The van der Waals surface area contributed by atoms with E-state index < -0.39 is 47.1 Å². The lowest BCUT2D eigenvalue weighted by Crippen LogP contribution is -2.32. The van der Waals surface area contributed by atoms with E-state index in [1.807, 2.05) is 0 Å². The monoisotopic (exact) mass is 1150 g/mol. The Hall–Kier alpha value is -8.27. The second-order valence-corrected chi connectivity index (χ2v) is 21.2. The molecule has 10 rings (SSSR count). The number of anilines is 4. The number of rotatable bonds is 12. The number of benzene rings is 2. The van der Waals surface area contributed by atoms with E-state index in [0.717, 1.165) is 41.0 Å². The normalized spacial score (nSPS) is 13.1. The molecule has 2 amide bonds. The molecular formula is C53H52F6N12O7S2. The summed E-state index contributed by atoms with van der Waals surface area (Å²) in [5.41, 5.74) is 1.88. The highest BCUT2D eigenvalue weighted by atomic mass is 32.1. The Kier molecular flexibility index (Phi) is 18.0. The number of carbonyl (C=O) groups excluding carboxylic acids is 2. The summed E-state index contributed by atoms with van der Waals surface area (Å²) in [7, 11) is 3.51. The van der Waals surface area contributed by atoms with Gasteiger partial charge in [0.2, 0.25) is 11.9 Å². The molecule has 0 radical (unpaired) electrons. The summed E-state index contributed by atoms with van der Waals surface area (Å²) in [5, 5.41) is 27.7. The van der Waals surface area contributed by atoms with Crippen LogP contribution in [0.15, 0.2) is 97.8 Å². The van der Waals surface area contributed by atoms with Gasteiger partial charge in [0.05, 0.1) is 77.6 Å². The lowest BCUT2D eigenvalue weighted by Gasteiger charge is -2.20. The molecule has 0 saturated heterocycles. The molecule has 8 aromatic rings. The fourth-order valence-corrected chi connectivity index (χ4v) is 10.0. The number of nitrogens with zero attached hydrogens (tertiary/aromatic N) is 8. The number of carbonyl (C=O) groups is 3. The van der Waals surface area contributed by atoms with Gasteiger partial charge in [0.1, 0.15) is 10.5 Å². The number of alkyl halides is 6. The van der Waals surface area contributed by atoms with Crippen molar-refractivity contribution in [2.45, 2.75) is 77.9 Å². The highest BCUT2D eigenvalue weighted by Crippen LogP contribution is 2.37. The summed E-state index contributed by atoms with van der Waals surface area (Å²) in [4.78, 5) is 55.0. The van der Waals surface area contributed by atoms with E-state index >= 15 is 0 Å². The maximum Gasteiger partial charge on any atom is 0.416 e. The molecule has 8 heterocycles. The van der Waals surface area contributed by atoms with Gasteiger partial charge in [-0.2, -0.15) is 36.5 Å². The number of ether oxygens (including phenoxy) is 3. The van der Waals surface area contributed by atoms with E-state index in [-0.39, 0.29) is 47.2 Å². The van der Waals surface area contributed by atoms with Gasteiger partial charge in [0.15, 0.2) is 0 Å². The summed E-state index contributed by atoms with van der Waals surface area (Å²) in [6.45, 7) is 6.74. The van der Waals surface area contributed by atoms with E-state index in [4.69, 9.17) is 19.3 Å². The molecule has 27 heteroatoms. The number of amides is 2. The molecule has 2 aliphatic heterocycles. The Morgan fingerprint density at radius 1 is 0.662 bits per heavy atom. The number of hydrogen-bond donors (Lipinski definition) is 5. The predicted molar refractivity (Wildman–Crippen MR) is 284 cm³/mol. The van der Waals surface area contributed by atoms with Crippen LogP contribution in [0.25, 0.3) is 22.5 Å². The second kappa shape index (κ2) is 24.8. The van der Waals surface area contributed by atoms with Crippen LogP contribution < -0.4 is 21.3 Å². The predicted octanol–water partition coefficient (Wildman–Crippen LogP) is 10.9. The average molecular weight is 1150 g/mol. The van der Waals surface area contributed by atoms with Crippen molar-refractivity contribution < 1.29 is 60.0 Å². The zero-order valence-electron chi connectivity index (χ0n) is 43.5. The number of nitrogens with one attached hydrogen (secondary N) is 4. The molecule has 420 valence electrons. The summed E-state index contributed by atoms with van der Waals surface area (Å²) in [6.07, 6.45) is 1.07. The van der Waals surface area contributed by atoms with Crippen molar-refractivity contribution in [3.8, 4) is 22.5 Å². The summed E-state index contributed by atoms with van der Waals surface area (Å²) >= 11 is 2.72. The first kappa shape index (κ1) is 57.9. The van der Waals surface area contributed by atoms with E-state index in [2.05, 4.69) is 51.4 Å². The van der Waals surface area contributed by atoms with Gasteiger partial charge < -0.3 is 40.6 Å². The van der Waals surface area contributed by atoms with Crippen LogP contribution in [-0.4, -0.2) is 81.4 Å². The minimum atomic E-state index is -4.62. The molecule has 6 aromatic heterocycles.